The van der Waals surface area contributed by atoms with Gasteiger partial charge in [0.2, 0.25) is 0 Å². The molecular formula is C10H14N2O3S2. The van der Waals surface area contributed by atoms with Crippen LogP contribution >= 0.6 is 23.1 Å². The molecule has 2 N–H and O–H groups in total. The van der Waals surface area contributed by atoms with Crippen molar-refractivity contribution in [2.24, 2.45) is 0 Å². The third-order valence-corrected chi connectivity index (χ3v) is 3.85. The molecule has 0 bridgehead atoms. The van der Waals surface area contributed by atoms with Crippen LogP contribution in [-0.4, -0.2) is 39.5 Å². The number of aromatic nitrogens is 1. The van der Waals surface area contributed by atoms with Gasteiger partial charge in [-0.1, -0.05) is 6.92 Å². The van der Waals surface area contributed by atoms with Crippen molar-refractivity contribution in [2.75, 3.05) is 11.5 Å². The molecule has 0 aliphatic carbocycles. The van der Waals surface area contributed by atoms with Gasteiger partial charge in [0, 0.05) is 17.2 Å². The Morgan fingerprint density at radius 3 is 2.88 bits per heavy atom. The van der Waals surface area contributed by atoms with Crippen LogP contribution in [0.4, 0.5) is 0 Å². The normalized spacial score (nSPS) is 12.1. The second-order valence-electron chi connectivity index (χ2n) is 3.38. The van der Waals surface area contributed by atoms with E-state index in [0.717, 1.165) is 22.8 Å². The molecule has 0 aliphatic heterocycles. The van der Waals surface area contributed by atoms with Gasteiger partial charge in [0.25, 0.3) is 5.91 Å². The Morgan fingerprint density at radius 2 is 2.35 bits per heavy atom. The van der Waals surface area contributed by atoms with Gasteiger partial charge in [0.15, 0.2) is 10.7 Å². The number of carboxylic acid groups (broad SMARTS) is 1. The van der Waals surface area contributed by atoms with Gasteiger partial charge in [-0.05, 0) is 12.7 Å². The van der Waals surface area contributed by atoms with E-state index in [2.05, 4.69) is 17.2 Å². The summed E-state index contributed by atoms with van der Waals surface area (Å²) in [5, 5.41) is 13.0. The van der Waals surface area contributed by atoms with Gasteiger partial charge in [0.1, 0.15) is 0 Å². The molecule has 1 heterocycles. The molecule has 1 rings (SSSR count). The summed E-state index contributed by atoms with van der Waals surface area (Å²) in [6.07, 6.45) is 0. The van der Waals surface area contributed by atoms with Crippen molar-refractivity contribution in [1.29, 1.82) is 0 Å². The molecule has 0 aliphatic rings. The summed E-state index contributed by atoms with van der Waals surface area (Å²) in [4.78, 5) is 26.0. The Bertz CT molecular complexity index is 406. The van der Waals surface area contributed by atoms with Crippen molar-refractivity contribution in [1.82, 2.24) is 10.3 Å². The van der Waals surface area contributed by atoms with E-state index in [4.69, 9.17) is 5.11 Å². The lowest BCUT2D eigenvalue weighted by molar-refractivity contribution is 0.0691. The monoisotopic (exact) mass is 274 g/mol. The van der Waals surface area contributed by atoms with Crippen LogP contribution < -0.4 is 5.32 Å². The Hall–Kier alpha value is -1.08. The topological polar surface area (TPSA) is 79.3 Å². The third kappa shape index (κ3) is 4.35. The van der Waals surface area contributed by atoms with Crippen molar-refractivity contribution >= 4 is 35.0 Å². The Balaban J connectivity index is 2.54. The van der Waals surface area contributed by atoms with Crippen molar-refractivity contribution in [3.8, 4) is 0 Å². The van der Waals surface area contributed by atoms with Gasteiger partial charge in [-0.25, -0.2) is 9.78 Å². The smallest absolute Gasteiger partial charge is 0.355 e. The largest absolute Gasteiger partial charge is 0.476 e. The Kier molecular flexibility index (Phi) is 5.43. The minimum atomic E-state index is -1.12. The summed E-state index contributed by atoms with van der Waals surface area (Å²) in [5.74, 6) is 0.404. The van der Waals surface area contributed by atoms with Crippen LogP contribution in [0.5, 0.6) is 0 Å². The van der Waals surface area contributed by atoms with Crippen LogP contribution in [0.1, 0.15) is 34.1 Å². The third-order valence-electron chi connectivity index (χ3n) is 1.87. The predicted molar refractivity (Wildman–Crippen MR) is 69.0 cm³/mol. The number of carbonyl (C=O) groups is 2. The number of rotatable bonds is 6. The van der Waals surface area contributed by atoms with Crippen molar-refractivity contribution in [2.45, 2.75) is 19.9 Å². The minimum absolute atomic E-state index is 0.0460. The highest BCUT2D eigenvalue weighted by Gasteiger charge is 2.16. The maximum atomic E-state index is 11.7. The first kappa shape index (κ1) is 14.0. The van der Waals surface area contributed by atoms with E-state index in [1.54, 1.807) is 11.8 Å². The molecule has 0 radical (unpaired) electrons. The number of aromatic carboxylic acids is 1. The quantitative estimate of drug-likeness (QED) is 0.825. The lowest BCUT2D eigenvalue weighted by Crippen LogP contribution is -2.34. The van der Waals surface area contributed by atoms with Gasteiger partial charge in [-0.15, -0.1) is 11.3 Å². The molecule has 5 nitrogen and oxygen atoms in total. The molecular weight excluding hydrogens is 260 g/mol. The highest BCUT2D eigenvalue weighted by Crippen LogP contribution is 2.10. The second-order valence-corrected chi connectivity index (χ2v) is 5.55. The second kappa shape index (κ2) is 6.61. The first-order chi connectivity index (χ1) is 8.04. The zero-order valence-electron chi connectivity index (χ0n) is 9.60. The van der Waals surface area contributed by atoms with Gasteiger partial charge in [0.05, 0.1) is 0 Å². The fraction of sp³-hybridized carbons (Fsp3) is 0.500. The Morgan fingerprint density at radius 1 is 1.65 bits per heavy atom. The zero-order chi connectivity index (χ0) is 12.8. The van der Waals surface area contributed by atoms with Crippen LogP contribution in [0.3, 0.4) is 0 Å². The van der Waals surface area contributed by atoms with Crippen molar-refractivity contribution in [3.05, 3.63) is 16.1 Å². The molecule has 0 fully saturated rings. The maximum Gasteiger partial charge on any atom is 0.355 e. The summed E-state index contributed by atoms with van der Waals surface area (Å²) >= 11 is 2.78. The minimum Gasteiger partial charge on any atom is -0.476 e. The van der Waals surface area contributed by atoms with Crippen LogP contribution in [-0.2, 0) is 0 Å². The first-order valence-corrected chi connectivity index (χ1v) is 7.15. The average molecular weight is 274 g/mol. The fourth-order valence-electron chi connectivity index (χ4n) is 1.10. The number of thiazole rings is 1. The molecule has 1 unspecified atom stereocenters. The molecule has 1 aromatic heterocycles. The number of carbonyl (C=O) groups excluding carboxylic acids is 1. The van der Waals surface area contributed by atoms with E-state index < -0.39 is 5.97 Å². The van der Waals surface area contributed by atoms with Gasteiger partial charge < -0.3 is 10.4 Å². The number of carboxylic acids is 1. The molecule has 0 aromatic carbocycles. The van der Waals surface area contributed by atoms with Crippen molar-refractivity contribution in [3.63, 3.8) is 0 Å². The van der Waals surface area contributed by atoms with Crippen molar-refractivity contribution < 1.29 is 14.7 Å². The number of thioether (sulfide) groups is 1. The zero-order valence-corrected chi connectivity index (χ0v) is 11.2. The van der Waals surface area contributed by atoms with E-state index in [-0.39, 0.29) is 22.7 Å². The van der Waals surface area contributed by atoms with Crippen LogP contribution in [0.15, 0.2) is 5.38 Å². The highest BCUT2D eigenvalue weighted by atomic mass is 32.2. The lowest BCUT2D eigenvalue weighted by Gasteiger charge is -2.11. The molecule has 1 aromatic rings. The fourth-order valence-corrected chi connectivity index (χ4v) is 2.46. The molecule has 1 amide bonds. The maximum absolute atomic E-state index is 11.7. The summed E-state index contributed by atoms with van der Waals surface area (Å²) in [7, 11) is 0. The molecule has 7 heteroatoms. The molecule has 0 saturated carbocycles. The van der Waals surface area contributed by atoms with Gasteiger partial charge in [-0.3, -0.25) is 4.79 Å². The number of nitrogens with zero attached hydrogens (tertiary/aromatic N) is 1. The van der Waals surface area contributed by atoms with E-state index in [1.807, 2.05) is 6.92 Å². The summed E-state index contributed by atoms with van der Waals surface area (Å²) in [6, 6.07) is 0.0460. The SMILES string of the molecule is CCSCC(C)NC(=O)c1nc(C(=O)O)cs1. The van der Waals surface area contributed by atoms with E-state index in [9.17, 15) is 9.59 Å². The lowest BCUT2D eigenvalue weighted by atomic mass is 10.4. The first-order valence-electron chi connectivity index (χ1n) is 5.12. The summed E-state index contributed by atoms with van der Waals surface area (Å²) in [5.41, 5.74) is -0.0873. The van der Waals surface area contributed by atoms with Crippen LogP contribution in [0.2, 0.25) is 0 Å². The van der Waals surface area contributed by atoms with E-state index >= 15 is 0 Å². The molecule has 1 atom stereocenters. The molecule has 17 heavy (non-hydrogen) atoms. The molecule has 0 saturated heterocycles. The van der Waals surface area contributed by atoms with E-state index in [1.165, 1.54) is 5.38 Å². The van der Waals surface area contributed by atoms with Crippen LogP contribution in [0.25, 0.3) is 0 Å². The standard InChI is InChI=1S/C10H14N2O3S2/c1-3-16-4-6(2)11-8(13)9-12-7(5-17-9)10(14)15/h5-6H,3-4H2,1-2H3,(H,11,13)(H,14,15). The number of hydrogen-bond acceptors (Lipinski definition) is 5. The number of nitrogens with one attached hydrogen (secondary N) is 1. The van der Waals surface area contributed by atoms with Gasteiger partial charge >= 0.3 is 5.97 Å². The number of amides is 1. The molecule has 94 valence electrons. The Labute approximate surface area is 108 Å². The highest BCUT2D eigenvalue weighted by molar-refractivity contribution is 7.99. The average Bonchev–Trinajstić information content (AvgIpc) is 2.75. The molecule has 0 spiro atoms. The number of hydrogen-bond donors (Lipinski definition) is 2. The van der Waals surface area contributed by atoms with Crippen LogP contribution in [0, 0.1) is 0 Å². The van der Waals surface area contributed by atoms with Gasteiger partial charge in [-0.2, -0.15) is 11.8 Å². The summed E-state index contributed by atoms with van der Waals surface area (Å²) < 4.78 is 0. The summed E-state index contributed by atoms with van der Waals surface area (Å²) in [6.45, 7) is 3.96. The van der Waals surface area contributed by atoms with E-state index in [0.29, 0.717) is 0 Å². The predicted octanol–water partition coefficient (Wildman–Crippen LogP) is 1.71.